The highest BCUT2D eigenvalue weighted by Crippen LogP contribution is 2.32. The van der Waals surface area contributed by atoms with Crippen LogP contribution in [0.15, 0.2) is 0 Å². The van der Waals surface area contributed by atoms with Gasteiger partial charge < -0.3 is 20.9 Å². The maximum Gasteiger partial charge on any atom is 0.306 e. The summed E-state index contributed by atoms with van der Waals surface area (Å²) in [4.78, 5) is 23.8. The molecule has 6 heteroatoms. The van der Waals surface area contributed by atoms with Gasteiger partial charge in [0.1, 0.15) is 0 Å². The molecule has 1 saturated heterocycles. The quantitative estimate of drug-likeness (QED) is 0.695. The second kappa shape index (κ2) is 7.22. The number of carbonyl (C=O) groups excluding carboxylic acids is 1. The van der Waals surface area contributed by atoms with Crippen LogP contribution in [0.5, 0.6) is 0 Å². The Morgan fingerprint density at radius 1 is 1.24 bits per heavy atom. The maximum absolute atomic E-state index is 12.5. The highest BCUT2D eigenvalue weighted by Gasteiger charge is 2.39. The first-order chi connectivity index (χ1) is 10.1. The van der Waals surface area contributed by atoms with Gasteiger partial charge in [-0.1, -0.05) is 12.8 Å². The molecule has 1 amide bonds. The SMILES string of the molecule is NCC1(C(=O)NCC2CCCCC2C(=O)O)CCOCC1. The van der Waals surface area contributed by atoms with E-state index in [9.17, 15) is 14.7 Å². The van der Waals surface area contributed by atoms with Crippen LogP contribution in [0.1, 0.15) is 38.5 Å². The molecule has 1 heterocycles. The fraction of sp³-hybridized carbons (Fsp3) is 0.867. The summed E-state index contributed by atoms with van der Waals surface area (Å²) in [6.45, 7) is 1.88. The number of hydrogen-bond donors (Lipinski definition) is 3. The van der Waals surface area contributed by atoms with Crippen LogP contribution in [0, 0.1) is 17.3 Å². The Balaban J connectivity index is 1.91. The summed E-state index contributed by atoms with van der Waals surface area (Å²) in [6, 6.07) is 0. The summed E-state index contributed by atoms with van der Waals surface area (Å²) >= 11 is 0. The maximum atomic E-state index is 12.5. The van der Waals surface area contributed by atoms with Crippen LogP contribution in [0.25, 0.3) is 0 Å². The summed E-state index contributed by atoms with van der Waals surface area (Å²) in [5.74, 6) is -1.08. The van der Waals surface area contributed by atoms with E-state index in [4.69, 9.17) is 10.5 Å². The predicted molar refractivity (Wildman–Crippen MR) is 77.6 cm³/mol. The standard InChI is InChI=1S/C15H26N2O4/c16-10-15(5-7-21-8-6-15)14(20)17-9-11-3-1-2-4-12(11)13(18)19/h11-12H,1-10,16H2,(H,17,20)(H,18,19). The molecule has 1 aliphatic carbocycles. The summed E-state index contributed by atoms with van der Waals surface area (Å²) in [6.07, 6.45) is 4.87. The van der Waals surface area contributed by atoms with Crippen LogP contribution in [0.2, 0.25) is 0 Å². The number of nitrogens with one attached hydrogen (secondary N) is 1. The predicted octanol–water partition coefficient (Wildman–Crippen LogP) is 0.749. The van der Waals surface area contributed by atoms with E-state index in [0.717, 1.165) is 19.3 Å². The first kappa shape index (κ1) is 16.2. The first-order valence-corrected chi connectivity index (χ1v) is 7.88. The molecule has 4 N–H and O–H groups in total. The molecule has 2 atom stereocenters. The van der Waals surface area contributed by atoms with Crippen LogP contribution < -0.4 is 11.1 Å². The second-order valence-corrected chi connectivity index (χ2v) is 6.30. The van der Waals surface area contributed by atoms with Crippen molar-refractivity contribution in [2.24, 2.45) is 23.0 Å². The molecule has 120 valence electrons. The van der Waals surface area contributed by atoms with E-state index in [0.29, 0.717) is 45.6 Å². The van der Waals surface area contributed by atoms with Gasteiger partial charge in [-0.2, -0.15) is 0 Å². The normalized spacial score (nSPS) is 28.8. The molecule has 0 spiro atoms. The van der Waals surface area contributed by atoms with Gasteiger partial charge in [0.15, 0.2) is 0 Å². The van der Waals surface area contributed by atoms with E-state index in [1.54, 1.807) is 0 Å². The number of carboxylic acids is 1. The van der Waals surface area contributed by atoms with Crippen molar-refractivity contribution in [1.82, 2.24) is 5.32 Å². The van der Waals surface area contributed by atoms with Gasteiger partial charge in [0.05, 0.1) is 11.3 Å². The van der Waals surface area contributed by atoms with E-state index >= 15 is 0 Å². The third-order valence-electron chi connectivity index (χ3n) is 5.07. The van der Waals surface area contributed by atoms with Crippen molar-refractivity contribution < 1.29 is 19.4 Å². The Hall–Kier alpha value is -1.14. The molecule has 21 heavy (non-hydrogen) atoms. The average Bonchev–Trinajstić information content (AvgIpc) is 2.53. The first-order valence-electron chi connectivity index (χ1n) is 7.88. The van der Waals surface area contributed by atoms with Crippen LogP contribution in [0.3, 0.4) is 0 Å². The van der Waals surface area contributed by atoms with E-state index in [-0.39, 0.29) is 17.7 Å². The molecule has 2 aliphatic rings. The van der Waals surface area contributed by atoms with Gasteiger partial charge in [-0.3, -0.25) is 9.59 Å². The Labute approximate surface area is 125 Å². The van der Waals surface area contributed by atoms with Gasteiger partial charge in [-0.15, -0.1) is 0 Å². The van der Waals surface area contributed by atoms with Crippen LogP contribution in [-0.4, -0.2) is 43.3 Å². The summed E-state index contributed by atoms with van der Waals surface area (Å²) in [7, 11) is 0. The number of carbonyl (C=O) groups is 2. The molecule has 1 saturated carbocycles. The largest absolute Gasteiger partial charge is 0.481 e. The van der Waals surface area contributed by atoms with Crippen LogP contribution in [0.4, 0.5) is 0 Å². The summed E-state index contributed by atoms with van der Waals surface area (Å²) in [5.41, 5.74) is 5.28. The second-order valence-electron chi connectivity index (χ2n) is 6.30. The zero-order valence-corrected chi connectivity index (χ0v) is 12.5. The van der Waals surface area contributed by atoms with Gasteiger partial charge in [-0.25, -0.2) is 0 Å². The average molecular weight is 298 g/mol. The lowest BCUT2D eigenvalue weighted by Gasteiger charge is -2.36. The van der Waals surface area contributed by atoms with Gasteiger partial charge >= 0.3 is 5.97 Å². The van der Waals surface area contributed by atoms with Crippen molar-refractivity contribution in [3.63, 3.8) is 0 Å². The molecule has 0 radical (unpaired) electrons. The molecule has 1 aliphatic heterocycles. The third kappa shape index (κ3) is 3.74. The minimum atomic E-state index is -0.742. The topological polar surface area (TPSA) is 102 Å². The summed E-state index contributed by atoms with van der Waals surface area (Å²) < 4.78 is 5.31. The highest BCUT2D eigenvalue weighted by atomic mass is 16.5. The van der Waals surface area contributed by atoms with Gasteiger partial charge in [-0.05, 0) is 31.6 Å². The lowest BCUT2D eigenvalue weighted by atomic mass is 9.77. The molecular formula is C15H26N2O4. The molecule has 2 unspecified atom stereocenters. The molecule has 2 fully saturated rings. The van der Waals surface area contributed by atoms with Crippen LogP contribution in [-0.2, 0) is 14.3 Å². The zero-order valence-electron chi connectivity index (χ0n) is 12.5. The Morgan fingerprint density at radius 2 is 1.90 bits per heavy atom. The summed E-state index contributed by atoms with van der Waals surface area (Å²) in [5, 5.41) is 12.2. The number of ether oxygens (including phenoxy) is 1. The highest BCUT2D eigenvalue weighted by molar-refractivity contribution is 5.83. The molecule has 6 nitrogen and oxygen atoms in total. The number of nitrogens with two attached hydrogens (primary N) is 1. The number of hydrogen-bond acceptors (Lipinski definition) is 4. The van der Waals surface area contributed by atoms with Crippen molar-refractivity contribution in [2.75, 3.05) is 26.3 Å². The molecule has 0 bridgehead atoms. The van der Waals surface area contributed by atoms with Crippen molar-refractivity contribution in [2.45, 2.75) is 38.5 Å². The smallest absolute Gasteiger partial charge is 0.306 e. The molecule has 0 aromatic carbocycles. The fourth-order valence-corrected chi connectivity index (χ4v) is 3.47. The Bertz CT molecular complexity index is 380. The van der Waals surface area contributed by atoms with E-state index in [2.05, 4.69) is 5.32 Å². The number of amides is 1. The third-order valence-corrected chi connectivity index (χ3v) is 5.07. The van der Waals surface area contributed by atoms with Crippen molar-refractivity contribution in [1.29, 1.82) is 0 Å². The van der Waals surface area contributed by atoms with Crippen molar-refractivity contribution >= 4 is 11.9 Å². The number of carboxylic acid groups (broad SMARTS) is 1. The van der Waals surface area contributed by atoms with E-state index in [1.807, 2.05) is 0 Å². The van der Waals surface area contributed by atoms with Crippen molar-refractivity contribution in [3.05, 3.63) is 0 Å². The van der Waals surface area contributed by atoms with Gasteiger partial charge in [0.2, 0.25) is 5.91 Å². The molecule has 0 aromatic heterocycles. The lowest BCUT2D eigenvalue weighted by molar-refractivity contribution is -0.145. The number of aliphatic carboxylic acids is 1. The molecular weight excluding hydrogens is 272 g/mol. The van der Waals surface area contributed by atoms with Crippen LogP contribution >= 0.6 is 0 Å². The zero-order chi connectivity index (χ0) is 15.3. The van der Waals surface area contributed by atoms with Gasteiger partial charge in [0, 0.05) is 26.3 Å². The Morgan fingerprint density at radius 3 is 2.52 bits per heavy atom. The van der Waals surface area contributed by atoms with E-state index < -0.39 is 11.4 Å². The Kier molecular flexibility index (Phi) is 5.58. The van der Waals surface area contributed by atoms with E-state index in [1.165, 1.54) is 0 Å². The van der Waals surface area contributed by atoms with Crippen molar-refractivity contribution in [3.8, 4) is 0 Å². The molecule has 0 aromatic rings. The van der Waals surface area contributed by atoms with Gasteiger partial charge in [0.25, 0.3) is 0 Å². The number of rotatable bonds is 5. The minimum Gasteiger partial charge on any atom is -0.481 e. The minimum absolute atomic E-state index is 0.0369. The fourth-order valence-electron chi connectivity index (χ4n) is 3.47. The lowest BCUT2D eigenvalue weighted by Crippen LogP contribution is -2.50. The monoisotopic (exact) mass is 298 g/mol. The molecule has 2 rings (SSSR count).